The number of hydrogen-bond acceptors (Lipinski definition) is 1. The molecule has 0 bridgehead atoms. The Kier molecular flexibility index (Phi) is 3.34. The highest BCUT2D eigenvalue weighted by Gasteiger charge is 2.19. The lowest BCUT2D eigenvalue weighted by Gasteiger charge is -2.31. The molecule has 0 aromatic heterocycles. The number of likely N-dealkylation sites (tertiary alicyclic amines) is 1. The van der Waals surface area contributed by atoms with Crippen LogP contribution in [0.25, 0.3) is 0 Å². The second kappa shape index (κ2) is 4.30. The molecule has 1 aliphatic rings. The Bertz CT molecular complexity index is 203. The molecule has 0 radical (unpaired) electrons. The fourth-order valence-corrected chi connectivity index (χ4v) is 1.39. The van der Waals surface area contributed by atoms with Gasteiger partial charge in [-0.15, -0.1) is 0 Å². The van der Waals surface area contributed by atoms with Gasteiger partial charge in [-0.3, -0.25) is 0 Å². The van der Waals surface area contributed by atoms with E-state index in [1.165, 1.54) is 5.57 Å². The first-order chi connectivity index (χ1) is 6.15. The third kappa shape index (κ3) is 2.47. The van der Waals surface area contributed by atoms with Crippen LogP contribution < -0.4 is 0 Å². The predicted molar refractivity (Wildman–Crippen MR) is 53.6 cm³/mol. The van der Waals surface area contributed by atoms with Gasteiger partial charge in [-0.2, -0.15) is 0 Å². The Hall–Kier alpha value is -0.990. The lowest BCUT2D eigenvalue weighted by atomic mass is 10.1. The summed E-state index contributed by atoms with van der Waals surface area (Å²) in [6, 6.07) is 0.148. The monoisotopic (exact) mass is 182 g/mol. The first kappa shape index (κ1) is 10.1. The zero-order chi connectivity index (χ0) is 9.84. The van der Waals surface area contributed by atoms with E-state index in [0.29, 0.717) is 0 Å². The van der Waals surface area contributed by atoms with Crippen molar-refractivity contribution in [1.29, 1.82) is 0 Å². The van der Waals surface area contributed by atoms with Crippen LogP contribution >= 0.6 is 0 Å². The van der Waals surface area contributed by atoms with E-state index in [9.17, 15) is 4.79 Å². The first-order valence-corrected chi connectivity index (χ1v) is 4.82. The minimum absolute atomic E-state index is 0.148. The normalized spacial score (nSPS) is 17.4. The Morgan fingerprint density at radius 3 is 2.54 bits per heavy atom. The number of piperidine rings is 1. The lowest BCUT2D eigenvalue weighted by Crippen LogP contribution is -2.43. The van der Waals surface area contributed by atoms with Crippen LogP contribution in [0.3, 0.4) is 0 Å². The van der Waals surface area contributed by atoms with Crippen LogP contribution in [0.2, 0.25) is 0 Å². The summed E-state index contributed by atoms with van der Waals surface area (Å²) in [5.41, 5.74) is 1.27. The number of nitrogens with zero attached hydrogens (tertiary/aromatic N) is 2. The summed E-state index contributed by atoms with van der Waals surface area (Å²) in [7, 11) is 1.84. The van der Waals surface area contributed by atoms with Crippen molar-refractivity contribution in [1.82, 2.24) is 9.80 Å². The van der Waals surface area contributed by atoms with Crippen LogP contribution in [0.1, 0.15) is 19.8 Å². The standard InChI is InChI=1S/C10H18N2O/c1-4-11(3)10(13)12-7-5-9(2)6-8-12/h2,4-8H2,1,3H3. The molecular formula is C10H18N2O. The molecule has 3 nitrogen and oxygen atoms in total. The SMILES string of the molecule is C=C1CCN(C(=O)N(C)CC)CC1. The molecule has 0 unspecified atom stereocenters. The average Bonchev–Trinajstić information content (AvgIpc) is 2.17. The molecule has 0 aromatic carbocycles. The molecule has 13 heavy (non-hydrogen) atoms. The zero-order valence-electron chi connectivity index (χ0n) is 8.55. The van der Waals surface area contributed by atoms with E-state index in [-0.39, 0.29) is 6.03 Å². The molecule has 0 spiro atoms. The highest BCUT2D eigenvalue weighted by Crippen LogP contribution is 2.14. The summed E-state index contributed by atoms with van der Waals surface area (Å²) < 4.78 is 0. The van der Waals surface area contributed by atoms with Crippen molar-refractivity contribution < 1.29 is 4.79 Å². The van der Waals surface area contributed by atoms with Crippen molar-refractivity contribution in [3.05, 3.63) is 12.2 Å². The minimum atomic E-state index is 0.148. The first-order valence-electron chi connectivity index (χ1n) is 4.82. The van der Waals surface area contributed by atoms with Crippen LogP contribution in [0.4, 0.5) is 4.79 Å². The molecule has 1 aliphatic heterocycles. The Morgan fingerprint density at radius 1 is 1.54 bits per heavy atom. The number of amides is 2. The summed E-state index contributed by atoms with van der Waals surface area (Å²) in [6.07, 6.45) is 1.92. The van der Waals surface area contributed by atoms with E-state index >= 15 is 0 Å². The maximum Gasteiger partial charge on any atom is 0.319 e. The Morgan fingerprint density at radius 2 is 2.08 bits per heavy atom. The fraction of sp³-hybridized carbons (Fsp3) is 0.700. The summed E-state index contributed by atoms with van der Waals surface area (Å²) >= 11 is 0. The fourth-order valence-electron chi connectivity index (χ4n) is 1.39. The van der Waals surface area contributed by atoms with Gasteiger partial charge in [-0.05, 0) is 19.8 Å². The van der Waals surface area contributed by atoms with Crippen molar-refractivity contribution >= 4 is 6.03 Å². The number of carbonyl (C=O) groups is 1. The maximum atomic E-state index is 11.7. The van der Waals surface area contributed by atoms with Gasteiger partial charge in [0, 0.05) is 26.7 Å². The molecule has 2 amide bonds. The Labute approximate surface area is 80.0 Å². The van der Waals surface area contributed by atoms with E-state index in [2.05, 4.69) is 6.58 Å². The van der Waals surface area contributed by atoms with E-state index < -0.39 is 0 Å². The van der Waals surface area contributed by atoms with Crippen molar-refractivity contribution in [3.63, 3.8) is 0 Å². The topological polar surface area (TPSA) is 23.6 Å². The molecule has 74 valence electrons. The van der Waals surface area contributed by atoms with Crippen LogP contribution in [-0.4, -0.2) is 42.5 Å². The molecule has 3 heteroatoms. The molecule has 1 rings (SSSR count). The van der Waals surface area contributed by atoms with Gasteiger partial charge in [0.05, 0.1) is 0 Å². The zero-order valence-corrected chi connectivity index (χ0v) is 8.55. The third-order valence-electron chi connectivity index (χ3n) is 2.54. The highest BCUT2D eigenvalue weighted by atomic mass is 16.2. The van der Waals surface area contributed by atoms with E-state index in [0.717, 1.165) is 32.5 Å². The predicted octanol–water partition coefficient (Wildman–Crippen LogP) is 1.71. The van der Waals surface area contributed by atoms with Crippen molar-refractivity contribution in [2.45, 2.75) is 19.8 Å². The molecule has 0 aromatic rings. The van der Waals surface area contributed by atoms with Gasteiger partial charge < -0.3 is 9.80 Å². The molecule has 1 saturated heterocycles. The third-order valence-corrected chi connectivity index (χ3v) is 2.54. The van der Waals surface area contributed by atoms with Gasteiger partial charge >= 0.3 is 6.03 Å². The molecule has 0 atom stereocenters. The number of hydrogen-bond donors (Lipinski definition) is 0. The van der Waals surface area contributed by atoms with Crippen molar-refractivity contribution in [2.75, 3.05) is 26.7 Å². The van der Waals surface area contributed by atoms with E-state index in [1.807, 2.05) is 18.9 Å². The second-order valence-electron chi connectivity index (χ2n) is 3.53. The number of urea groups is 1. The molecular weight excluding hydrogens is 164 g/mol. The van der Waals surface area contributed by atoms with Crippen molar-refractivity contribution in [3.8, 4) is 0 Å². The summed E-state index contributed by atoms with van der Waals surface area (Å²) in [4.78, 5) is 15.3. The lowest BCUT2D eigenvalue weighted by molar-refractivity contribution is 0.161. The van der Waals surface area contributed by atoms with Crippen molar-refractivity contribution in [2.24, 2.45) is 0 Å². The minimum Gasteiger partial charge on any atom is -0.328 e. The number of rotatable bonds is 1. The summed E-state index contributed by atoms with van der Waals surface area (Å²) in [6.45, 7) is 8.35. The average molecular weight is 182 g/mol. The van der Waals surface area contributed by atoms with Crippen LogP contribution in [-0.2, 0) is 0 Å². The molecule has 0 saturated carbocycles. The number of carbonyl (C=O) groups excluding carboxylic acids is 1. The maximum absolute atomic E-state index is 11.7. The van der Waals surface area contributed by atoms with Crippen LogP contribution in [0.5, 0.6) is 0 Å². The van der Waals surface area contributed by atoms with E-state index in [1.54, 1.807) is 4.90 Å². The largest absolute Gasteiger partial charge is 0.328 e. The molecule has 0 N–H and O–H groups in total. The van der Waals surface area contributed by atoms with Gasteiger partial charge in [0.25, 0.3) is 0 Å². The molecule has 1 heterocycles. The second-order valence-corrected chi connectivity index (χ2v) is 3.53. The van der Waals surface area contributed by atoms with Gasteiger partial charge in [-0.1, -0.05) is 12.2 Å². The molecule has 0 aliphatic carbocycles. The summed E-state index contributed by atoms with van der Waals surface area (Å²) in [5.74, 6) is 0. The van der Waals surface area contributed by atoms with Gasteiger partial charge in [0.1, 0.15) is 0 Å². The smallest absolute Gasteiger partial charge is 0.319 e. The molecule has 1 fully saturated rings. The highest BCUT2D eigenvalue weighted by molar-refractivity contribution is 5.74. The van der Waals surface area contributed by atoms with Gasteiger partial charge in [0.2, 0.25) is 0 Å². The summed E-state index contributed by atoms with van der Waals surface area (Å²) in [5, 5.41) is 0. The van der Waals surface area contributed by atoms with Gasteiger partial charge in [0.15, 0.2) is 0 Å². The Balaban J connectivity index is 2.44. The van der Waals surface area contributed by atoms with E-state index in [4.69, 9.17) is 0 Å². The van der Waals surface area contributed by atoms with Crippen LogP contribution in [0.15, 0.2) is 12.2 Å². The van der Waals surface area contributed by atoms with Crippen LogP contribution in [0, 0.1) is 0 Å². The quantitative estimate of drug-likeness (QED) is 0.566. The van der Waals surface area contributed by atoms with Gasteiger partial charge in [-0.25, -0.2) is 4.79 Å².